The van der Waals surface area contributed by atoms with Gasteiger partial charge in [0.05, 0.1) is 24.8 Å². The molecule has 1 atom stereocenters. The third-order valence-corrected chi connectivity index (χ3v) is 8.07. The third-order valence-electron chi connectivity index (χ3n) is 6.30. The van der Waals surface area contributed by atoms with Crippen molar-refractivity contribution in [1.29, 1.82) is 0 Å². The molecule has 0 aliphatic carbocycles. The Kier molecular flexibility index (Phi) is 10.2. The second kappa shape index (κ2) is 13.3. The second-order valence-corrected chi connectivity index (χ2v) is 11.6. The van der Waals surface area contributed by atoms with E-state index in [9.17, 15) is 18.0 Å². The molecule has 9 nitrogen and oxygen atoms in total. The van der Waals surface area contributed by atoms with Crippen LogP contribution in [0.3, 0.4) is 0 Å². The van der Waals surface area contributed by atoms with Gasteiger partial charge in [-0.15, -0.1) is 0 Å². The van der Waals surface area contributed by atoms with Crippen LogP contribution in [0.4, 0.5) is 5.69 Å². The van der Waals surface area contributed by atoms with Crippen LogP contribution in [-0.2, 0) is 26.2 Å². The van der Waals surface area contributed by atoms with Gasteiger partial charge in [0, 0.05) is 18.7 Å². The number of hydrogen-bond acceptors (Lipinski definition) is 6. The first-order valence-corrected chi connectivity index (χ1v) is 14.4. The Morgan fingerprint density at radius 1 is 0.875 bits per heavy atom. The molecule has 2 amide bonds. The third kappa shape index (κ3) is 7.32. The molecular weight excluding hydrogens is 530 g/mol. The average molecular weight is 568 g/mol. The zero-order chi connectivity index (χ0) is 29.4. The van der Waals surface area contributed by atoms with Gasteiger partial charge < -0.3 is 19.7 Å². The van der Waals surface area contributed by atoms with E-state index in [0.717, 1.165) is 15.4 Å². The van der Waals surface area contributed by atoms with Gasteiger partial charge in [-0.3, -0.25) is 13.9 Å². The first-order chi connectivity index (χ1) is 19.0. The van der Waals surface area contributed by atoms with Gasteiger partial charge >= 0.3 is 0 Å². The molecule has 1 unspecified atom stereocenters. The second-order valence-electron chi connectivity index (χ2n) is 9.71. The van der Waals surface area contributed by atoms with Crippen LogP contribution in [0.15, 0.2) is 77.7 Å². The van der Waals surface area contributed by atoms with Gasteiger partial charge in [-0.1, -0.05) is 48.0 Å². The lowest BCUT2D eigenvalue weighted by molar-refractivity contribution is -0.139. The van der Waals surface area contributed by atoms with Crippen molar-refractivity contribution in [3.05, 3.63) is 83.9 Å². The molecule has 0 fully saturated rings. The van der Waals surface area contributed by atoms with Gasteiger partial charge in [0.1, 0.15) is 12.6 Å². The smallest absolute Gasteiger partial charge is 0.264 e. The minimum Gasteiger partial charge on any atom is -0.493 e. The summed E-state index contributed by atoms with van der Waals surface area (Å²) in [7, 11) is -1.36. The molecule has 0 aromatic heterocycles. The number of hydrogen-bond donors (Lipinski definition) is 1. The molecular formula is C30H37N3O6S. The highest BCUT2D eigenvalue weighted by Gasteiger charge is 2.33. The van der Waals surface area contributed by atoms with Crippen LogP contribution in [0.1, 0.15) is 31.9 Å². The molecule has 0 aliphatic heterocycles. The van der Waals surface area contributed by atoms with Crippen molar-refractivity contribution in [1.82, 2.24) is 10.2 Å². The molecule has 40 heavy (non-hydrogen) atoms. The zero-order valence-electron chi connectivity index (χ0n) is 23.7. The maximum atomic E-state index is 14.0. The molecule has 0 saturated carbocycles. The molecule has 0 aliphatic rings. The number of rotatable bonds is 12. The van der Waals surface area contributed by atoms with Crippen LogP contribution in [-0.4, -0.2) is 58.0 Å². The Labute approximate surface area is 236 Å². The number of ether oxygens (including phenoxy) is 2. The van der Waals surface area contributed by atoms with Crippen molar-refractivity contribution in [3.8, 4) is 11.5 Å². The van der Waals surface area contributed by atoms with Gasteiger partial charge in [-0.05, 0) is 57.5 Å². The molecule has 3 rings (SSSR count). The quantitative estimate of drug-likeness (QED) is 0.353. The van der Waals surface area contributed by atoms with E-state index in [4.69, 9.17) is 9.47 Å². The summed E-state index contributed by atoms with van der Waals surface area (Å²) in [5, 5.41) is 2.85. The van der Waals surface area contributed by atoms with Gasteiger partial charge in [0.15, 0.2) is 11.5 Å². The maximum absolute atomic E-state index is 14.0. The number of para-hydroxylation sites is 1. The number of nitrogens with one attached hydrogen (secondary N) is 1. The van der Waals surface area contributed by atoms with Crippen molar-refractivity contribution < 1.29 is 27.5 Å². The predicted molar refractivity (Wildman–Crippen MR) is 155 cm³/mol. The Balaban J connectivity index is 2.05. The van der Waals surface area contributed by atoms with Crippen LogP contribution in [0.2, 0.25) is 0 Å². The summed E-state index contributed by atoms with van der Waals surface area (Å²) >= 11 is 0. The number of benzene rings is 3. The van der Waals surface area contributed by atoms with E-state index in [0.29, 0.717) is 11.4 Å². The Morgan fingerprint density at radius 3 is 2.15 bits per heavy atom. The minimum absolute atomic E-state index is 0.0716. The highest BCUT2D eigenvalue weighted by Crippen LogP contribution is 2.32. The van der Waals surface area contributed by atoms with Crippen LogP contribution in [0.5, 0.6) is 11.5 Å². The average Bonchev–Trinajstić information content (AvgIpc) is 2.93. The predicted octanol–water partition coefficient (Wildman–Crippen LogP) is 4.15. The molecule has 3 aromatic carbocycles. The number of carbonyl (C=O) groups is 2. The lowest BCUT2D eigenvalue weighted by Gasteiger charge is -2.32. The number of aryl methyl sites for hydroxylation is 1. The number of methoxy groups -OCH3 is 2. The lowest BCUT2D eigenvalue weighted by atomic mass is 10.1. The summed E-state index contributed by atoms with van der Waals surface area (Å²) in [5.41, 5.74) is 2.14. The molecule has 3 aromatic rings. The maximum Gasteiger partial charge on any atom is 0.264 e. The number of sulfonamides is 1. The van der Waals surface area contributed by atoms with E-state index in [2.05, 4.69) is 5.32 Å². The molecule has 0 heterocycles. The minimum atomic E-state index is -4.24. The summed E-state index contributed by atoms with van der Waals surface area (Å²) < 4.78 is 39.6. The van der Waals surface area contributed by atoms with Crippen LogP contribution in [0, 0.1) is 6.92 Å². The van der Waals surface area contributed by atoms with Crippen LogP contribution >= 0.6 is 0 Å². The fraction of sp³-hybridized carbons (Fsp3) is 0.333. The fourth-order valence-electron chi connectivity index (χ4n) is 4.22. The summed E-state index contributed by atoms with van der Waals surface area (Å²) in [4.78, 5) is 28.3. The van der Waals surface area contributed by atoms with E-state index in [1.807, 2.05) is 45.0 Å². The number of amides is 2. The topological polar surface area (TPSA) is 105 Å². The summed E-state index contributed by atoms with van der Waals surface area (Å²) in [6.45, 7) is 6.87. The first kappa shape index (κ1) is 30.5. The normalized spacial score (nSPS) is 12.0. The van der Waals surface area contributed by atoms with Gasteiger partial charge in [-0.25, -0.2) is 8.42 Å². The number of carbonyl (C=O) groups excluding carboxylic acids is 2. The van der Waals surface area contributed by atoms with E-state index < -0.39 is 28.5 Å². The monoisotopic (exact) mass is 567 g/mol. The molecule has 0 radical (unpaired) electrons. The number of anilines is 1. The van der Waals surface area contributed by atoms with E-state index in [1.54, 1.807) is 37.3 Å². The van der Waals surface area contributed by atoms with Crippen molar-refractivity contribution in [2.45, 2.75) is 51.2 Å². The van der Waals surface area contributed by atoms with Crippen LogP contribution in [0.25, 0.3) is 0 Å². The van der Waals surface area contributed by atoms with Crippen molar-refractivity contribution in [3.63, 3.8) is 0 Å². The molecule has 0 bridgehead atoms. The lowest BCUT2D eigenvalue weighted by Crippen LogP contribution is -2.52. The zero-order valence-corrected chi connectivity index (χ0v) is 24.6. The SMILES string of the molecule is COc1ccc(S(=O)(=O)N(CC(=O)N(Cc2cccc(C)c2)C(C)C(=O)NC(C)C)c2ccccc2)cc1OC. The van der Waals surface area contributed by atoms with Crippen molar-refractivity contribution in [2.24, 2.45) is 0 Å². The fourth-order valence-corrected chi connectivity index (χ4v) is 5.65. The Hall–Kier alpha value is -4.05. The number of nitrogens with zero attached hydrogens (tertiary/aromatic N) is 2. The highest BCUT2D eigenvalue weighted by atomic mass is 32.2. The molecule has 214 valence electrons. The summed E-state index contributed by atoms with van der Waals surface area (Å²) in [6.07, 6.45) is 0. The highest BCUT2D eigenvalue weighted by molar-refractivity contribution is 7.92. The van der Waals surface area contributed by atoms with Crippen molar-refractivity contribution >= 4 is 27.5 Å². The van der Waals surface area contributed by atoms with E-state index >= 15 is 0 Å². The Bertz CT molecular complexity index is 1430. The first-order valence-electron chi connectivity index (χ1n) is 12.9. The van der Waals surface area contributed by atoms with E-state index in [1.165, 1.54) is 37.3 Å². The summed E-state index contributed by atoms with van der Waals surface area (Å²) in [6, 6.07) is 19.3. The molecule has 10 heteroatoms. The molecule has 0 spiro atoms. The largest absolute Gasteiger partial charge is 0.493 e. The summed E-state index contributed by atoms with van der Waals surface area (Å²) in [5.74, 6) is -0.244. The van der Waals surface area contributed by atoms with Gasteiger partial charge in [-0.2, -0.15) is 0 Å². The standard InChI is InChI=1S/C30H37N3O6S/c1-21(2)31-30(35)23(4)32(19-24-12-10-11-22(3)17-24)29(34)20-33(25-13-8-7-9-14-25)40(36,37)26-15-16-27(38-5)28(18-26)39-6/h7-18,21,23H,19-20H2,1-6H3,(H,31,35). The van der Waals surface area contributed by atoms with Crippen molar-refractivity contribution in [2.75, 3.05) is 25.1 Å². The van der Waals surface area contributed by atoms with Crippen LogP contribution < -0.4 is 19.1 Å². The van der Waals surface area contributed by atoms with Gasteiger partial charge in [0.25, 0.3) is 10.0 Å². The molecule has 1 N–H and O–H groups in total. The molecule has 0 saturated heterocycles. The van der Waals surface area contributed by atoms with Gasteiger partial charge in [0.2, 0.25) is 11.8 Å². The Morgan fingerprint density at radius 2 is 1.55 bits per heavy atom. The van der Waals surface area contributed by atoms with E-state index in [-0.39, 0.29) is 29.1 Å².